The van der Waals surface area contributed by atoms with Crippen LogP contribution >= 0.6 is 0 Å². The minimum absolute atomic E-state index is 0. The number of carbonyl (C=O) groups excluding carboxylic acids is 2. The van der Waals surface area contributed by atoms with Crippen molar-refractivity contribution in [1.29, 1.82) is 0 Å². The van der Waals surface area contributed by atoms with Crippen molar-refractivity contribution >= 4 is 12.3 Å². The SMILES string of the molecule is CCCCOC(=O)CC(OCC)C(C)(C)[C-]=O.[Y+3]. The summed E-state index contributed by atoms with van der Waals surface area (Å²) in [6.07, 6.45) is 3.38. The zero-order chi connectivity index (χ0) is 13.3. The van der Waals surface area contributed by atoms with Gasteiger partial charge >= 0.3 is 38.7 Å². The molecule has 1 unspecified atom stereocenters. The van der Waals surface area contributed by atoms with Gasteiger partial charge < -0.3 is 14.3 Å². The van der Waals surface area contributed by atoms with Crippen molar-refractivity contribution in [2.45, 2.75) is 53.1 Å². The third kappa shape index (κ3) is 8.33. The largest absolute Gasteiger partial charge is 3.00 e. The number of hydrogen-bond acceptors (Lipinski definition) is 4. The summed E-state index contributed by atoms with van der Waals surface area (Å²) in [7, 11) is 0. The van der Waals surface area contributed by atoms with Gasteiger partial charge in [-0.05, 0) is 13.3 Å². The predicted molar refractivity (Wildman–Crippen MR) is 65.4 cm³/mol. The van der Waals surface area contributed by atoms with Crippen LogP contribution in [0.25, 0.3) is 0 Å². The van der Waals surface area contributed by atoms with E-state index in [2.05, 4.69) is 0 Å². The fourth-order valence-corrected chi connectivity index (χ4v) is 1.33. The molecule has 0 bridgehead atoms. The van der Waals surface area contributed by atoms with E-state index in [-0.39, 0.29) is 45.1 Å². The van der Waals surface area contributed by atoms with Crippen LogP contribution in [-0.2, 0) is 51.8 Å². The van der Waals surface area contributed by atoms with Crippen molar-refractivity contribution in [3.05, 3.63) is 0 Å². The molecule has 0 rings (SSSR count). The first-order chi connectivity index (χ1) is 7.97. The minimum atomic E-state index is -0.792. The molecule has 0 aliphatic heterocycles. The van der Waals surface area contributed by atoms with Crippen molar-refractivity contribution in [3.8, 4) is 0 Å². The molecule has 0 saturated carbocycles. The Morgan fingerprint density at radius 1 is 1.33 bits per heavy atom. The summed E-state index contributed by atoms with van der Waals surface area (Å²) in [5.41, 5.74) is -0.792. The van der Waals surface area contributed by atoms with Crippen molar-refractivity contribution in [3.63, 3.8) is 0 Å². The van der Waals surface area contributed by atoms with E-state index in [1.54, 1.807) is 13.8 Å². The van der Waals surface area contributed by atoms with E-state index >= 15 is 0 Å². The zero-order valence-electron chi connectivity index (χ0n) is 11.8. The fraction of sp³-hybridized carbons (Fsp3) is 0.846. The quantitative estimate of drug-likeness (QED) is 0.369. The normalized spacial score (nSPS) is 12.4. The Balaban J connectivity index is 0. The van der Waals surface area contributed by atoms with Crippen molar-refractivity contribution in [2.75, 3.05) is 13.2 Å². The van der Waals surface area contributed by atoms with E-state index in [0.29, 0.717) is 13.2 Å². The molecule has 100 valence electrons. The van der Waals surface area contributed by atoms with Crippen LogP contribution in [0.3, 0.4) is 0 Å². The summed E-state index contributed by atoms with van der Waals surface area (Å²) in [4.78, 5) is 22.4. The molecular weight excluding hydrogens is 309 g/mol. The summed E-state index contributed by atoms with van der Waals surface area (Å²) < 4.78 is 10.5. The van der Waals surface area contributed by atoms with E-state index in [1.165, 1.54) is 0 Å². The Labute approximate surface area is 135 Å². The maximum Gasteiger partial charge on any atom is 3.00 e. The molecule has 0 N–H and O–H groups in total. The first-order valence-corrected chi connectivity index (χ1v) is 6.14. The molecule has 0 aliphatic carbocycles. The van der Waals surface area contributed by atoms with E-state index in [9.17, 15) is 9.59 Å². The molecule has 18 heavy (non-hydrogen) atoms. The van der Waals surface area contributed by atoms with Crippen LogP contribution in [-0.4, -0.2) is 31.6 Å². The number of rotatable bonds is 9. The van der Waals surface area contributed by atoms with Crippen LogP contribution in [0, 0.1) is 5.41 Å². The smallest absolute Gasteiger partial charge is 0.541 e. The van der Waals surface area contributed by atoms with Crippen molar-refractivity contribution < 1.29 is 51.8 Å². The van der Waals surface area contributed by atoms with Gasteiger partial charge in [0.2, 0.25) is 0 Å². The average Bonchev–Trinajstić information content (AvgIpc) is 2.29. The Hall–Kier alpha value is 0.204. The van der Waals surface area contributed by atoms with Gasteiger partial charge in [-0.3, -0.25) is 11.1 Å². The third-order valence-corrected chi connectivity index (χ3v) is 2.55. The van der Waals surface area contributed by atoms with Gasteiger partial charge in [-0.2, -0.15) is 0 Å². The first-order valence-electron chi connectivity index (χ1n) is 6.14. The number of unbranched alkanes of at least 4 members (excludes halogenated alkanes) is 1. The second-order valence-electron chi connectivity index (χ2n) is 4.55. The second-order valence-corrected chi connectivity index (χ2v) is 4.55. The minimum Gasteiger partial charge on any atom is -0.541 e. The molecule has 0 spiro atoms. The summed E-state index contributed by atoms with van der Waals surface area (Å²) in [6, 6.07) is 0. The standard InChI is InChI=1S/C13H23O4.Y/c1-5-7-8-17-12(15)9-11(16-6-2)13(3,4)10-14;/h11H,5-9H2,1-4H3;/q-1;+3. The Morgan fingerprint density at radius 3 is 2.39 bits per heavy atom. The maximum atomic E-state index is 11.5. The van der Waals surface area contributed by atoms with Gasteiger partial charge in [-0.25, -0.2) is 0 Å². The van der Waals surface area contributed by atoms with Crippen molar-refractivity contribution in [2.24, 2.45) is 5.41 Å². The van der Waals surface area contributed by atoms with Crippen LogP contribution < -0.4 is 0 Å². The molecule has 0 aliphatic rings. The van der Waals surface area contributed by atoms with Gasteiger partial charge in [0.05, 0.1) is 13.0 Å². The van der Waals surface area contributed by atoms with Crippen LogP contribution in [0.1, 0.15) is 47.0 Å². The van der Waals surface area contributed by atoms with Crippen LogP contribution in [0.5, 0.6) is 0 Å². The number of hydrogen-bond donors (Lipinski definition) is 0. The Kier molecular flexibility index (Phi) is 12.6. The van der Waals surface area contributed by atoms with Gasteiger partial charge in [0, 0.05) is 12.7 Å². The molecule has 0 aromatic rings. The van der Waals surface area contributed by atoms with Crippen LogP contribution in [0.4, 0.5) is 0 Å². The third-order valence-electron chi connectivity index (χ3n) is 2.55. The van der Waals surface area contributed by atoms with Crippen LogP contribution in [0.15, 0.2) is 0 Å². The van der Waals surface area contributed by atoms with Gasteiger partial charge in [0.25, 0.3) is 0 Å². The molecule has 0 amide bonds. The summed E-state index contributed by atoms with van der Waals surface area (Å²) in [6.45, 7) is 8.16. The predicted octanol–water partition coefficient (Wildman–Crippen LogP) is 2.26. The van der Waals surface area contributed by atoms with Crippen LogP contribution in [0.2, 0.25) is 0 Å². The number of carbonyl (C=O) groups is 1. The van der Waals surface area contributed by atoms with E-state index < -0.39 is 11.5 Å². The van der Waals surface area contributed by atoms with Gasteiger partial charge in [-0.1, -0.05) is 27.2 Å². The average molecular weight is 332 g/mol. The molecular formula is C13H23O4Y+2. The fourth-order valence-electron chi connectivity index (χ4n) is 1.33. The molecule has 0 saturated heterocycles. The molecule has 0 aromatic heterocycles. The first kappa shape index (κ1) is 20.5. The number of esters is 1. The summed E-state index contributed by atoms with van der Waals surface area (Å²) in [5, 5.41) is 0. The van der Waals surface area contributed by atoms with Gasteiger partial charge in [0.15, 0.2) is 0 Å². The molecule has 0 fully saturated rings. The van der Waals surface area contributed by atoms with Gasteiger partial charge in [-0.15, -0.1) is 5.41 Å². The van der Waals surface area contributed by atoms with Crippen molar-refractivity contribution in [1.82, 2.24) is 0 Å². The molecule has 0 heterocycles. The monoisotopic (exact) mass is 332 g/mol. The number of ether oxygens (including phenoxy) is 2. The Morgan fingerprint density at radius 2 is 1.94 bits per heavy atom. The Bertz CT molecular complexity index is 241. The van der Waals surface area contributed by atoms with E-state index in [4.69, 9.17) is 9.47 Å². The van der Waals surface area contributed by atoms with E-state index in [1.807, 2.05) is 20.1 Å². The topological polar surface area (TPSA) is 52.6 Å². The molecule has 0 aromatic carbocycles. The molecule has 4 nitrogen and oxygen atoms in total. The zero-order valence-corrected chi connectivity index (χ0v) is 14.7. The summed E-state index contributed by atoms with van der Waals surface area (Å²) in [5.74, 6) is -0.319. The van der Waals surface area contributed by atoms with E-state index in [0.717, 1.165) is 12.8 Å². The molecule has 0 radical (unpaired) electrons. The molecule has 5 heteroatoms. The maximum absolute atomic E-state index is 11.5. The molecule has 1 atom stereocenters. The second kappa shape index (κ2) is 11.1. The summed E-state index contributed by atoms with van der Waals surface area (Å²) >= 11 is 0. The van der Waals surface area contributed by atoms with Gasteiger partial charge in [0.1, 0.15) is 0 Å².